The first-order valence-corrected chi connectivity index (χ1v) is 49.7. The van der Waals surface area contributed by atoms with Gasteiger partial charge in [0.2, 0.25) is 8.32 Å². The Balaban J connectivity index is 1.08. The molecule has 7 aliphatic carbocycles. The van der Waals surface area contributed by atoms with E-state index in [0.29, 0.717) is 5.75 Å². The third-order valence-corrected chi connectivity index (χ3v) is 62.5. The van der Waals surface area contributed by atoms with E-state index < -0.39 is 78.6 Å². The van der Waals surface area contributed by atoms with Gasteiger partial charge in [-0.2, -0.15) is 0 Å². The van der Waals surface area contributed by atoms with Crippen molar-refractivity contribution in [2.24, 2.45) is 0 Å². The molecular weight excluding hydrogens is 1210 g/mol. The second kappa shape index (κ2) is 23.4. The molecule has 7 saturated carbocycles. The van der Waals surface area contributed by atoms with Gasteiger partial charge in [-0.05, 0) is 141 Å². The zero-order valence-electron chi connectivity index (χ0n) is 51.6. The summed E-state index contributed by atoms with van der Waals surface area (Å²) < 4.78 is 113. The molecule has 4 atom stereocenters. The fraction of sp³-hybridized carbons (Fsp3) is 0.710. The highest BCUT2D eigenvalue weighted by molar-refractivity contribution is 7.46. The van der Waals surface area contributed by atoms with Crippen LogP contribution in [0.25, 0.3) is 0 Å². The van der Waals surface area contributed by atoms with Crippen LogP contribution in [0.15, 0.2) is 78.9 Å². The lowest BCUT2D eigenvalue weighted by Crippen LogP contribution is -2.86. The van der Waals surface area contributed by atoms with Gasteiger partial charge in [0, 0.05) is 38.8 Å². The van der Waals surface area contributed by atoms with Gasteiger partial charge in [0.25, 0.3) is 0 Å². The highest BCUT2D eigenvalue weighted by Gasteiger charge is 2.85. The molecule has 3 aromatic rings. The van der Waals surface area contributed by atoms with Crippen LogP contribution in [0.1, 0.15) is 232 Å². The van der Waals surface area contributed by atoms with E-state index in [-0.39, 0.29) is 49.6 Å². The Hall–Kier alpha value is -0.855. The normalized spacial score (nSPS) is 37.4. The van der Waals surface area contributed by atoms with Crippen molar-refractivity contribution in [2.75, 3.05) is 0 Å². The van der Waals surface area contributed by atoms with Gasteiger partial charge >= 0.3 is 70.2 Å². The van der Waals surface area contributed by atoms with Crippen molar-refractivity contribution in [3.63, 3.8) is 0 Å². The summed E-state index contributed by atoms with van der Waals surface area (Å²) in [6, 6.07) is 28.8. The third kappa shape index (κ3) is 11.2. The second-order valence-corrected chi connectivity index (χ2v) is 57.3. The lowest BCUT2D eigenvalue weighted by Gasteiger charge is -2.63. The van der Waals surface area contributed by atoms with Crippen molar-refractivity contribution in [2.45, 2.75) is 277 Å². The van der Waals surface area contributed by atoms with E-state index >= 15 is 0 Å². The summed E-state index contributed by atoms with van der Waals surface area (Å²) in [6.07, 6.45) is 27.2. The van der Waals surface area contributed by atoms with Crippen molar-refractivity contribution in [1.29, 1.82) is 0 Å². The lowest BCUT2D eigenvalue weighted by molar-refractivity contribution is -0.0133. The number of rotatable bonds is 13. The Morgan fingerprint density at radius 2 is 0.643 bits per heavy atom. The molecule has 4 heterocycles. The molecule has 4 saturated heterocycles. The predicted octanol–water partition coefficient (Wildman–Crippen LogP) is 16.7. The fourth-order valence-corrected chi connectivity index (χ4v) is 71.9. The Kier molecular flexibility index (Phi) is 16.9. The SMILES string of the molecule is CC(C)(C)c1cc(OP2O[Si]3(C4CCCC4)O[Si]4(C5CCCC5)O[Si](C5CCCC5)(O2)O[Si]2(C5CCCC5)O[Si](O[Si](C)(c5ccccc5)c5ccccc5)(C5CCCC5)O[Si](C5CCCC5)(O3)O[Si](C3CCCC3)(O4)O2)cc(C(C)(C)C)c1. The molecule has 6 bridgehead atoms. The van der Waals surface area contributed by atoms with E-state index in [2.05, 4.69) is 127 Å². The maximum absolute atomic E-state index is 9.04. The van der Waals surface area contributed by atoms with Crippen molar-refractivity contribution < 1.29 is 54.1 Å². The van der Waals surface area contributed by atoms with Gasteiger partial charge in [0.1, 0.15) is 5.75 Å². The van der Waals surface area contributed by atoms with Crippen LogP contribution in [-0.4, -0.2) is 69.9 Å². The standard InChI is InChI=1S/C62H97O13PSi8/c1-61(2,3)49-46-50(62(4,5)6)48-51(47-49)63-76-64-78(54-32-14-15-33-54)67-81(57-38-20-21-39-57)68-79(65-76,55-34-16-17-35-55)70-83(59-42-24-25-43-59)72-80(56-36-18-19-37-56,66-77(7,52-28-10-8-11-29-52)53-30-12-9-13-31-53)71-82(69-78,58-40-22-23-41-58)74-84(73-81,75-83)60-44-26-27-45-60/h8-13,28-31,46-48,54-60H,14-27,32-45H2,1-7H3. The van der Waals surface area contributed by atoms with Crippen LogP contribution in [0.5, 0.6) is 5.75 Å². The smallest absolute Gasteiger partial charge is 0.428 e. The predicted molar refractivity (Wildman–Crippen MR) is 344 cm³/mol. The molecule has 4 unspecified atom stereocenters. The fourth-order valence-electron chi connectivity index (χ4n) is 16.9. The summed E-state index contributed by atoms with van der Waals surface area (Å²) in [5, 5.41) is 2.34. The molecular formula is C62H97O13PSi8. The molecule has 3 aromatic carbocycles. The summed E-state index contributed by atoms with van der Waals surface area (Å²) in [7, 11) is -35.6. The molecule has 0 amide bonds. The first-order valence-electron chi connectivity index (χ1n) is 33.5. The van der Waals surface area contributed by atoms with Crippen LogP contribution in [0.2, 0.25) is 45.3 Å². The molecule has 14 rings (SSSR count). The van der Waals surface area contributed by atoms with E-state index in [1.165, 1.54) is 21.5 Å². The van der Waals surface area contributed by atoms with Crippen molar-refractivity contribution >= 4 is 88.9 Å². The Bertz CT molecular complexity index is 2640. The summed E-state index contributed by atoms with van der Waals surface area (Å²) in [4.78, 5) is 0. The lowest BCUT2D eigenvalue weighted by atomic mass is 9.80. The van der Waals surface area contributed by atoms with Gasteiger partial charge in [-0.25, -0.2) is 0 Å². The molecule has 11 aliphatic rings. The minimum absolute atomic E-state index is 0.0348. The van der Waals surface area contributed by atoms with Crippen LogP contribution in [0, 0.1) is 0 Å². The monoisotopic (exact) mass is 1300 g/mol. The average molecular weight is 1310 g/mol. The van der Waals surface area contributed by atoms with Gasteiger partial charge < -0.3 is 45.7 Å². The largest absolute Gasteiger partial charge is 0.496 e. The maximum Gasteiger partial charge on any atom is 0.496 e. The molecule has 0 radical (unpaired) electrons. The molecule has 11 fully saturated rings. The van der Waals surface area contributed by atoms with E-state index in [4.69, 9.17) is 54.1 Å². The molecule has 4 aliphatic heterocycles. The Morgan fingerprint density at radius 3 is 0.952 bits per heavy atom. The highest BCUT2D eigenvalue weighted by atomic mass is 31.2. The third-order valence-electron chi connectivity index (χ3n) is 21.8. The molecule has 0 spiro atoms. The number of hydrogen-bond donors (Lipinski definition) is 0. The van der Waals surface area contributed by atoms with Crippen molar-refractivity contribution in [1.82, 2.24) is 0 Å². The average Bonchev–Trinajstić information content (AvgIpc) is 1.16. The zero-order chi connectivity index (χ0) is 57.7. The van der Waals surface area contributed by atoms with E-state index in [1.54, 1.807) is 0 Å². The van der Waals surface area contributed by atoms with E-state index in [0.717, 1.165) is 180 Å². The zero-order valence-corrected chi connectivity index (χ0v) is 60.5. The Morgan fingerprint density at radius 1 is 0.369 bits per heavy atom. The number of hydrogen-bond acceptors (Lipinski definition) is 13. The van der Waals surface area contributed by atoms with Crippen LogP contribution in [-0.2, 0) is 60.4 Å². The minimum Gasteiger partial charge on any atom is -0.428 e. The minimum atomic E-state index is -4.36. The van der Waals surface area contributed by atoms with Gasteiger partial charge in [-0.1, -0.05) is 198 Å². The molecule has 22 heteroatoms. The highest BCUT2D eigenvalue weighted by Crippen LogP contribution is 2.67. The van der Waals surface area contributed by atoms with Crippen LogP contribution in [0.3, 0.4) is 0 Å². The quantitative estimate of drug-likeness (QED) is 0.119. The first kappa shape index (κ1) is 60.7. The van der Waals surface area contributed by atoms with Crippen LogP contribution >= 0.6 is 8.60 Å². The van der Waals surface area contributed by atoms with Gasteiger partial charge in [-0.3, -0.25) is 8.43 Å². The molecule has 0 aromatic heterocycles. The number of fused-ring (bicyclic) bond motifs is 4. The summed E-state index contributed by atoms with van der Waals surface area (Å²) >= 11 is 0. The van der Waals surface area contributed by atoms with Gasteiger partial charge in [-0.15, -0.1) is 0 Å². The van der Waals surface area contributed by atoms with Crippen molar-refractivity contribution in [3.8, 4) is 5.75 Å². The van der Waals surface area contributed by atoms with Gasteiger partial charge in [0.05, 0.1) is 0 Å². The van der Waals surface area contributed by atoms with E-state index in [1.807, 2.05) is 0 Å². The summed E-state index contributed by atoms with van der Waals surface area (Å²) in [6.45, 7) is 16.1. The summed E-state index contributed by atoms with van der Waals surface area (Å²) in [5.41, 5.74) is 1.49. The van der Waals surface area contributed by atoms with Crippen molar-refractivity contribution in [3.05, 3.63) is 90.0 Å². The van der Waals surface area contributed by atoms with Crippen LogP contribution in [0.4, 0.5) is 0 Å². The number of benzene rings is 3. The Labute approximate surface area is 513 Å². The second-order valence-electron chi connectivity index (χ2n) is 29.6. The summed E-state index contributed by atoms with van der Waals surface area (Å²) in [5.74, 6) is 0.711. The maximum atomic E-state index is 9.04. The topological polar surface area (TPSA) is 120 Å². The first-order chi connectivity index (χ1) is 40.4. The molecule has 460 valence electrons. The van der Waals surface area contributed by atoms with Gasteiger partial charge in [0.15, 0.2) is 0 Å². The molecule has 0 N–H and O–H groups in total. The van der Waals surface area contributed by atoms with Crippen LogP contribution < -0.4 is 14.9 Å². The van der Waals surface area contributed by atoms with E-state index in [9.17, 15) is 0 Å². The molecule has 13 nitrogen and oxygen atoms in total. The molecule has 84 heavy (non-hydrogen) atoms.